The maximum Gasteiger partial charge on any atom is 0.325 e. The van der Waals surface area contributed by atoms with Crippen molar-refractivity contribution < 1.29 is 14.3 Å². The highest BCUT2D eigenvalue weighted by molar-refractivity contribution is 6.44. The minimum atomic E-state index is -0.481. The molecule has 0 atom stereocenters. The van der Waals surface area contributed by atoms with Crippen LogP contribution in [-0.2, 0) is 9.53 Å². The van der Waals surface area contributed by atoms with Gasteiger partial charge in [-0.25, -0.2) is 0 Å². The van der Waals surface area contributed by atoms with Gasteiger partial charge in [-0.2, -0.15) is 0 Å². The molecule has 0 unspecified atom stereocenters. The van der Waals surface area contributed by atoms with Crippen LogP contribution in [0.4, 0.5) is 5.69 Å². The van der Waals surface area contributed by atoms with Crippen LogP contribution >= 0.6 is 23.2 Å². The van der Waals surface area contributed by atoms with Crippen molar-refractivity contribution >= 4 is 40.8 Å². The molecule has 0 aromatic heterocycles. The lowest BCUT2D eigenvalue weighted by atomic mass is 10.1. The highest BCUT2D eigenvalue weighted by atomic mass is 35.5. The van der Waals surface area contributed by atoms with Gasteiger partial charge in [0.15, 0.2) is 0 Å². The Kier molecular flexibility index (Phi) is 6.30. The van der Waals surface area contributed by atoms with Gasteiger partial charge in [0.25, 0.3) is 5.91 Å². The molecule has 0 saturated heterocycles. The summed E-state index contributed by atoms with van der Waals surface area (Å²) in [4.78, 5) is 25.5. The second-order valence-electron chi connectivity index (χ2n) is 4.70. The summed E-state index contributed by atoms with van der Waals surface area (Å²) in [5.74, 6) is -0.900. The van der Waals surface area contributed by atoms with Crippen LogP contribution in [0.15, 0.2) is 12.1 Å². The van der Waals surface area contributed by atoms with Crippen LogP contribution in [0.1, 0.15) is 31.1 Å². The van der Waals surface area contributed by atoms with Crippen molar-refractivity contribution in [3.05, 3.63) is 27.7 Å². The lowest BCUT2D eigenvalue weighted by molar-refractivity contribution is -0.144. The van der Waals surface area contributed by atoms with Crippen molar-refractivity contribution in [1.82, 2.24) is 4.90 Å². The molecular formula is C14H18Cl2N2O3. The van der Waals surface area contributed by atoms with E-state index in [1.54, 1.807) is 20.8 Å². The third-order valence-electron chi connectivity index (χ3n) is 2.77. The summed E-state index contributed by atoms with van der Waals surface area (Å²) in [5, 5.41) is 0.310. The van der Waals surface area contributed by atoms with Crippen LogP contribution in [-0.4, -0.2) is 36.0 Å². The minimum Gasteiger partial charge on any atom is -0.465 e. The zero-order valence-corrected chi connectivity index (χ0v) is 13.7. The minimum absolute atomic E-state index is 0.116. The van der Waals surface area contributed by atoms with Crippen LogP contribution in [0.25, 0.3) is 0 Å². The summed E-state index contributed by atoms with van der Waals surface area (Å²) >= 11 is 12.0. The Balaban J connectivity index is 3.10. The van der Waals surface area contributed by atoms with Crippen LogP contribution in [0, 0.1) is 0 Å². The van der Waals surface area contributed by atoms with E-state index in [1.165, 1.54) is 17.0 Å². The van der Waals surface area contributed by atoms with Gasteiger partial charge in [0.05, 0.1) is 22.2 Å². The average molecular weight is 333 g/mol. The number of hydrogen-bond acceptors (Lipinski definition) is 4. The standard InChI is InChI=1S/C14H18Cl2N2O3/c1-4-21-12(19)7-18(8(2)3)14(20)10-5-9(17)6-11(15)13(10)16/h5-6,8H,4,7,17H2,1-3H3. The lowest BCUT2D eigenvalue weighted by Crippen LogP contribution is -2.41. The van der Waals surface area contributed by atoms with Crippen LogP contribution < -0.4 is 5.73 Å². The summed E-state index contributed by atoms with van der Waals surface area (Å²) < 4.78 is 4.87. The second-order valence-corrected chi connectivity index (χ2v) is 5.48. The number of halogens is 2. The van der Waals surface area contributed by atoms with Gasteiger partial charge in [0.2, 0.25) is 0 Å². The Bertz CT molecular complexity index is 547. The van der Waals surface area contributed by atoms with E-state index in [1.807, 2.05) is 0 Å². The highest BCUT2D eigenvalue weighted by Crippen LogP contribution is 2.30. The number of hydrogen-bond donors (Lipinski definition) is 1. The molecule has 0 radical (unpaired) electrons. The van der Waals surface area contributed by atoms with Crippen LogP contribution in [0.5, 0.6) is 0 Å². The van der Waals surface area contributed by atoms with Gasteiger partial charge in [-0.3, -0.25) is 9.59 Å². The summed E-state index contributed by atoms with van der Waals surface area (Å²) in [6.45, 7) is 5.38. The van der Waals surface area contributed by atoms with Crippen molar-refractivity contribution in [3.63, 3.8) is 0 Å². The molecule has 0 heterocycles. The first-order chi connectivity index (χ1) is 9.77. The molecule has 21 heavy (non-hydrogen) atoms. The zero-order chi connectivity index (χ0) is 16.2. The van der Waals surface area contributed by atoms with Crippen molar-refractivity contribution in [2.45, 2.75) is 26.8 Å². The van der Waals surface area contributed by atoms with Gasteiger partial charge in [0, 0.05) is 11.7 Å². The number of anilines is 1. The molecule has 0 aliphatic rings. The van der Waals surface area contributed by atoms with Gasteiger partial charge >= 0.3 is 5.97 Å². The number of carbonyl (C=O) groups is 2. The fourth-order valence-corrected chi connectivity index (χ4v) is 2.17. The molecule has 1 amide bonds. The molecule has 0 fully saturated rings. The van der Waals surface area contributed by atoms with Gasteiger partial charge in [-0.05, 0) is 32.9 Å². The number of rotatable bonds is 5. The normalized spacial score (nSPS) is 10.6. The van der Waals surface area contributed by atoms with Crippen LogP contribution in [0.3, 0.4) is 0 Å². The molecule has 0 aliphatic carbocycles. The quantitative estimate of drug-likeness (QED) is 0.664. The van der Waals surface area contributed by atoms with E-state index in [9.17, 15) is 9.59 Å². The van der Waals surface area contributed by atoms with E-state index in [-0.39, 0.29) is 34.8 Å². The first-order valence-electron chi connectivity index (χ1n) is 6.49. The van der Waals surface area contributed by atoms with Crippen LogP contribution in [0.2, 0.25) is 10.0 Å². The topological polar surface area (TPSA) is 72.6 Å². The predicted octanol–water partition coefficient (Wildman–Crippen LogP) is 2.99. The van der Waals surface area contributed by atoms with E-state index >= 15 is 0 Å². The fourth-order valence-electron chi connectivity index (χ4n) is 1.75. The Morgan fingerprint density at radius 3 is 2.48 bits per heavy atom. The zero-order valence-electron chi connectivity index (χ0n) is 12.2. The van der Waals surface area contributed by atoms with Crippen molar-refractivity contribution in [3.8, 4) is 0 Å². The molecule has 2 N–H and O–H groups in total. The molecule has 0 spiro atoms. The van der Waals surface area contributed by atoms with Gasteiger partial charge in [0.1, 0.15) is 6.54 Å². The predicted molar refractivity (Wildman–Crippen MR) is 83.7 cm³/mol. The Morgan fingerprint density at radius 2 is 1.95 bits per heavy atom. The summed E-state index contributed by atoms with van der Waals surface area (Å²) in [5.41, 5.74) is 6.18. The molecule has 0 aliphatic heterocycles. The molecule has 116 valence electrons. The monoisotopic (exact) mass is 332 g/mol. The van der Waals surface area contributed by atoms with Gasteiger partial charge in [-0.1, -0.05) is 23.2 Å². The second kappa shape index (κ2) is 7.52. The smallest absolute Gasteiger partial charge is 0.325 e. The Morgan fingerprint density at radius 1 is 1.33 bits per heavy atom. The summed E-state index contributed by atoms with van der Waals surface area (Å²) in [6.07, 6.45) is 0. The molecule has 1 rings (SSSR count). The van der Waals surface area contributed by atoms with Gasteiger partial charge < -0.3 is 15.4 Å². The maximum absolute atomic E-state index is 12.6. The number of nitrogen functional groups attached to an aromatic ring is 1. The molecule has 1 aromatic carbocycles. The third kappa shape index (κ3) is 4.51. The highest BCUT2D eigenvalue weighted by Gasteiger charge is 2.25. The molecule has 5 nitrogen and oxygen atoms in total. The molecule has 0 bridgehead atoms. The van der Waals surface area contributed by atoms with E-state index in [0.717, 1.165) is 0 Å². The molecular weight excluding hydrogens is 315 g/mol. The summed E-state index contributed by atoms with van der Waals surface area (Å²) in [7, 11) is 0. The van der Waals surface area contributed by atoms with E-state index in [0.29, 0.717) is 5.69 Å². The number of esters is 1. The Labute approximate surface area is 133 Å². The summed E-state index contributed by atoms with van der Waals surface area (Å²) in [6, 6.07) is 2.70. The first-order valence-corrected chi connectivity index (χ1v) is 7.24. The van der Waals surface area contributed by atoms with E-state index in [4.69, 9.17) is 33.7 Å². The number of nitrogens with zero attached hydrogens (tertiary/aromatic N) is 1. The number of nitrogens with two attached hydrogens (primary N) is 1. The third-order valence-corrected chi connectivity index (χ3v) is 3.57. The van der Waals surface area contributed by atoms with E-state index < -0.39 is 11.9 Å². The molecule has 1 aromatic rings. The number of ether oxygens (including phenoxy) is 1. The van der Waals surface area contributed by atoms with Crippen molar-refractivity contribution in [2.75, 3.05) is 18.9 Å². The van der Waals surface area contributed by atoms with E-state index in [2.05, 4.69) is 0 Å². The lowest BCUT2D eigenvalue weighted by Gasteiger charge is -2.26. The largest absolute Gasteiger partial charge is 0.465 e. The number of amides is 1. The van der Waals surface area contributed by atoms with Crippen molar-refractivity contribution in [2.24, 2.45) is 0 Å². The number of carbonyl (C=O) groups excluding carboxylic acids is 2. The fraction of sp³-hybridized carbons (Fsp3) is 0.429. The maximum atomic E-state index is 12.6. The average Bonchev–Trinajstić information content (AvgIpc) is 2.39. The SMILES string of the molecule is CCOC(=O)CN(C(=O)c1cc(N)cc(Cl)c1Cl)C(C)C. The molecule has 7 heteroatoms. The van der Waals surface area contributed by atoms with Gasteiger partial charge in [-0.15, -0.1) is 0 Å². The molecule has 0 saturated carbocycles. The Hall–Kier alpha value is -1.46. The first kappa shape index (κ1) is 17.6. The number of benzene rings is 1. The van der Waals surface area contributed by atoms with Crippen molar-refractivity contribution in [1.29, 1.82) is 0 Å².